The standard InChI is InChI=1S/C64H100N10O14.C33H61N11O7/c1-40(75)63(2,3)39-54(79)49(16-9-10-24-65)71-59(85)47(38-56(66)81)37-55(80)64(4,5)73-60(86)46(31-41-13-7-6-8-14-41)36-52(77)50(33-42-20-26-69-27-21-42)72-58(84)44(15-11-25-70-62(67)68)35-53(78)51-17-12-28-74(51)61(87)45(18-19-57(82)83)34-48(76)32-43-22-29-88-30-23-43;1-19(45)28(40-2)26(47)18-22(11-7-15-42-33(38)39)30(50)43-23(12-13-27(34)48)25(46)17-21(10-6-14-41-32(36)37)31(51)44-24(29(35)49)16-20-8-4-3-5-9-20/h20-21,26-27,41,43-47,49-51H,6-19,22-25,28-39,65H2,1-5H3,(H2,66,81)(H,71,85)(H,72,84)(H,73,86)(H,82,83)(H4,67,68,70);19-24,28,40,45H,3-18H2,1-2H3,(H2,34,48)(H2,35,49)(H,43,50)(H,44,51)(H4,36,37,41)(H4,38,39,42)/t44-,45-,46-,47+,49+,50+,51-;19-,21-,22-,23+,24+,28+/m11/s1. The number of primary amides is 3. The summed E-state index contributed by atoms with van der Waals surface area (Å²) in [5.74, 6) is -16.9. The summed E-state index contributed by atoms with van der Waals surface area (Å²) in [6.45, 7) is 11.0. The van der Waals surface area contributed by atoms with Crippen molar-refractivity contribution in [2.45, 2.75) is 340 Å². The van der Waals surface area contributed by atoms with Gasteiger partial charge in [0.1, 0.15) is 17.6 Å². The number of hydrogen-bond donors (Lipinski definition) is 18. The van der Waals surface area contributed by atoms with Gasteiger partial charge >= 0.3 is 5.97 Å². The summed E-state index contributed by atoms with van der Waals surface area (Å²) in [4.78, 5) is 261. The van der Waals surface area contributed by atoms with Gasteiger partial charge in [0.25, 0.3) is 0 Å². The first-order valence-corrected chi connectivity index (χ1v) is 49.4. The molecule has 0 unspecified atom stereocenters. The number of likely N-dealkylation sites (N-methyl/N-ethyl adjacent to an activating group) is 1. The number of carboxylic acid groups (broad SMARTS) is 1. The van der Waals surface area contributed by atoms with Gasteiger partial charge in [-0.05, 0) is 192 Å². The summed E-state index contributed by atoms with van der Waals surface area (Å²) in [6, 6.07) is -3.01. The Hall–Kier alpha value is -11.1. The summed E-state index contributed by atoms with van der Waals surface area (Å²) >= 11 is 0. The Bertz CT molecular complexity index is 4310. The molecule has 0 bridgehead atoms. The number of likely N-dealkylation sites (tertiary alicyclic amines) is 1. The largest absolute Gasteiger partial charge is 0.481 e. The van der Waals surface area contributed by atoms with E-state index in [1.165, 1.54) is 52.0 Å². The highest BCUT2D eigenvalue weighted by Gasteiger charge is 2.44. The van der Waals surface area contributed by atoms with E-state index in [0.29, 0.717) is 76.7 Å². The second-order valence-electron chi connectivity index (χ2n) is 39.3. The van der Waals surface area contributed by atoms with Crippen molar-refractivity contribution >= 4 is 123 Å². The Morgan fingerprint density at radius 2 is 0.986 bits per heavy atom. The molecule has 2 saturated carbocycles. The fraction of sp³-hybridized carbons (Fsp3) is 0.732. The Labute approximate surface area is 816 Å². The minimum absolute atomic E-state index is 0.0311. The zero-order chi connectivity index (χ0) is 104. The molecule has 2 aliphatic heterocycles. The van der Waals surface area contributed by atoms with Crippen LogP contribution in [0.3, 0.4) is 0 Å². The minimum Gasteiger partial charge on any atom is -0.481 e. The number of rotatable bonds is 67. The number of guanidine groups is 3. The number of aliphatic carboxylic acids is 1. The van der Waals surface area contributed by atoms with Crippen molar-refractivity contribution in [1.82, 2.24) is 41.8 Å². The lowest BCUT2D eigenvalue weighted by Gasteiger charge is -2.32. The van der Waals surface area contributed by atoms with E-state index < -0.39 is 195 Å². The molecule has 780 valence electrons. The number of Topliss-reactive ketones (excluding diaryl/α,β-unsaturated/α-hetero) is 8. The fourth-order valence-electron chi connectivity index (χ4n) is 18.5. The van der Waals surface area contributed by atoms with E-state index >= 15 is 4.79 Å². The zero-order valence-electron chi connectivity index (χ0n) is 82.7. The van der Waals surface area contributed by atoms with E-state index in [0.717, 1.165) is 64.2 Å². The van der Waals surface area contributed by atoms with Crippen molar-refractivity contribution < 1.29 is 101 Å². The summed E-state index contributed by atoms with van der Waals surface area (Å²) in [7, 11) is 1.51. The van der Waals surface area contributed by atoms with Crippen LogP contribution in [-0.4, -0.2) is 244 Å². The van der Waals surface area contributed by atoms with Crippen LogP contribution in [0.4, 0.5) is 0 Å². The second-order valence-corrected chi connectivity index (χ2v) is 39.3. The molecule has 1 aromatic rings. The van der Waals surface area contributed by atoms with Crippen LogP contribution in [0.25, 0.3) is 0 Å². The molecule has 28 N–H and O–H groups in total. The highest BCUT2D eigenvalue weighted by Crippen LogP contribution is 2.35. The molecule has 2 aliphatic carbocycles. The van der Waals surface area contributed by atoms with Gasteiger partial charge in [-0.2, -0.15) is 0 Å². The fourth-order valence-corrected chi connectivity index (χ4v) is 18.5. The number of carbonyl (C=O) groups excluding carboxylic acids is 17. The highest BCUT2D eigenvalue weighted by molar-refractivity contribution is 6.01. The van der Waals surface area contributed by atoms with Gasteiger partial charge in [-0.3, -0.25) is 106 Å². The van der Waals surface area contributed by atoms with Gasteiger partial charge in [0.2, 0.25) is 53.2 Å². The van der Waals surface area contributed by atoms with Gasteiger partial charge in [-0.1, -0.05) is 78.1 Å². The average molecular weight is 1960 g/mol. The SMILES string of the molecule is CC(=O)C(C)(C)CC(=O)[C@H](CCCCN)NC(=O)[C@H](CC(N)=O)CC(=O)C(C)(C)NC(=O)[C@@H](CC(=O)[C@H](Cc1ccncc1)NC(=O)[C@H](CCCN=C(N)N)CC(=O)[C@H]1CCCN1C(=O)[C@H](CCC(=O)O)CC(=O)CC1CCOCC1)CC1CCCCC1.CN[C@H](C(=O)C[C@@H](CCCN=C(N)N)C(=O)N[C@@H](CCC(N)=O)C(=O)C[C@@H](CCCN=C(N)N)C(=O)N[C@@H](CC1CCCCC1)C(N)=O)[C@@H](C)O. The Balaban J connectivity index is 0.000000671. The molecule has 4 aliphatic rings. The number of carbonyl (C=O) groups is 18. The number of carboxylic acids is 1. The molecule has 13 atom stereocenters. The third-order valence-corrected chi connectivity index (χ3v) is 26.9. The number of nitrogens with one attached hydrogen (secondary N) is 6. The third-order valence-electron chi connectivity index (χ3n) is 26.9. The van der Waals surface area contributed by atoms with Gasteiger partial charge < -0.3 is 109 Å². The molecule has 9 amide bonds. The molecule has 3 heterocycles. The highest BCUT2D eigenvalue weighted by atomic mass is 16.5. The van der Waals surface area contributed by atoms with Crippen LogP contribution in [0.2, 0.25) is 0 Å². The van der Waals surface area contributed by atoms with Gasteiger partial charge in [0.05, 0.1) is 47.8 Å². The number of hydrogen-bond acceptors (Lipinski definition) is 26. The molecule has 139 heavy (non-hydrogen) atoms. The van der Waals surface area contributed by atoms with Crippen molar-refractivity contribution in [1.29, 1.82) is 0 Å². The first kappa shape index (κ1) is 120. The molecular formula is C97H161N21O21. The van der Waals surface area contributed by atoms with Crippen LogP contribution < -0.4 is 89.2 Å². The number of ether oxygens (including phenoxy) is 1. The number of unbranched alkanes of at least 4 members (excludes halogenated alkanes) is 1. The minimum atomic E-state index is -1.67. The topological polar surface area (TPSA) is 743 Å². The van der Waals surface area contributed by atoms with Crippen LogP contribution >= 0.6 is 0 Å². The van der Waals surface area contributed by atoms with E-state index in [9.17, 15) is 91.7 Å². The van der Waals surface area contributed by atoms with Gasteiger partial charge in [0, 0.05) is 157 Å². The maximum Gasteiger partial charge on any atom is 0.303 e. The molecule has 0 aromatic carbocycles. The quantitative estimate of drug-likeness (QED) is 0.0252. The number of nitrogens with zero attached hydrogens (tertiary/aromatic N) is 5. The number of nitrogens with two attached hydrogens (primary N) is 10. The number of ketones is 8. The molecule has 4 fully saturated rings. The predicted molar refractivity (Wildman–Crippen MR) is 521 cm³/mol. The van der Waals surface area contributed by atoms with E-state index in [1.54, 1.807) is 26.0 Å². The number of aliphatic hydroxyl groups is 1. The molecule has 1 aromatic heterocycles. The molecule has 2 saturated heterocycles. The molecule has 0 radical (unpaired) electrons. The van der Waals surface area contributed by atoms with E-state index in [1.807, 2.05) is 0 Å². The smallest absolute Gasteiger partial charge is 0.303 e. The maximum atomic E-state index is 15.0. The molecule has 42 heteroatoms. The second kappa shape index (κ2) is 62.8. The summed E-state index contributed by atoms with van der Waals surface area (Å²) in [6.07, 6.45) is 13.2. The van der Waals surface area contributed by atoms with Crippen molar-refractivity contribution in [2.75, 3.05) is 53.0 Å². The number of aliphatic hydroxyl groups excluding tert-OH is 1. The number of aromatic nitrogens is 1. The van der Waals surface area contributed by atoms with E-state index in [4.69, 9.17) is 62.1 Å². The lowest BCUT2D eigenvalue weighted by molar-refractivity contribution is -0.144. The first-order chi connectivity index (χ1) is 65.6. The molecule has 5 rings (SSSR count). The van der Waals surface area contributed by atoms with Crippen LogP contribution in [-0.2, 0) is 97.5 Å². The Kier molecular flexibility index (Phi) is 54.3. The lowest BCUT2D eigenvalue weighted by Crippen LogP contribution is -2.54. The molecule has 42 nitrogen and oxygen atoms in total. The van der Waals surface area contributed by atoms with Crippen LogP contribution in [0, 0.1) is 58.7 Å². The van der Waals surface area contributed by atoms with Crippen molar-refractivity contribution in [2.24, 2.45) is 131 Å². The van der Waals surface area contributed by atoms with Crippen LogP contribution in [0.5, 0.6) is 0 Å². The predicted octanol–water partition coefficient (Wildman–Crippen LogP) is 1.97. The van der Waals surface area contributed by atoms with Gasteiger partial charge in [-0.15, -0.1) is 0 Å². The van der Waals surface area contributed by atoms with E-state index in [2.05, 4.69) is 51.9 Å². The van der Waals surface area contributed by atoms with Crippen molar-refractivity contribution in [3.8, 4) is 0 Å². The molecule has 0 spiro atoms. The normalized spacial score (nSPS) is 17.4. The van der Waals surface area contributed by atoms with Crippen molar-refractivity contribution in [3.63, 3.8) is 0 Å². The maximum absolute atomic E-state index is 15.0. The summed E-state index contributed by atoms with van der Waals surface area (Å²) in [5, 5.41) is 36.3. The van der Waals surface area contributed by atoms with Crippen LogP contribution in [0.1, 0.15) is 291 Å². The Morgan fingerprint density at radius 1 is 0.496 bits per heavy atom. The summed E-state index contributed by atoms with van der Waals surface area (Å²) in [5.41, 5.74) is 53.2. The monoisotopic (exact) mass is 1960 g/mol. The third kappa shape index (κ3) is 46.2. The average Bonchev–Trinajstić information content (AvgIpc) is 1.68. The van der Waals surface area contributed by atoms with Gasteiger partial charge in [-0.25, -0.2) is 0 Å². The number of aliphatic imine (C=N–C) groups is 3. The molecular weight excluding hydrogens is 1800 g/mol. The Morgan fingerprint density at radius 3 is 1.47 bits per heavy atom. The number of amides is 9. The number of pyridine rings is 1. The zero-order valence-corrected chi connectivity index (χ0v) is 82.7. The van der Waals surface area contributed by atoms with E-state index in [-0.39, 0.29) is 195 Å². The first-order valence-electron chi connectivity index (χ1n) is 49.4. The summed E-state index contributed by atoms with van der Waals surface area (Å²) < 4.78 is 5.43. The van der Waals surface area contributed by atoms with Crippen LogP contribution in [0.15, 0.2) is 39.5 Å². The lowest BCUT2D eigenvalue weighted by atomic mass is 9.79. The van der Waals surface area contributed by atoms with Crippen molar-refractivity contribution in [3.05, 3.63) is 30.1 Å². The van der Waals surface area contributed by atoms with Gasteiger partial charge in [0.15, 0.2) is 52.6 Å².